The minimum atomic E-state index is 0.527. The Morgan fingerprint density at radius 2 is 2.18 bits per heavy atom. The Morgan fingerprint density at radius 1 is 1.41 bits per heavy atom. The molecule has 0 aliphatic heterocycles. The zero-order chi connectivity index (χ0) is 12.7. The predicted molar refractivity (Wildman–Crippen MR) is 75.8 cm³/mol. The van der Waals surface area contributed by atoms with Crippen molar-refractivity contribution in [2.75, 3.05) is 26.7 Å². The van der Waals surface area contributed by atoms with Crippen LogP contribution in [0.15, 0.2) is 24.3 Å². The van der Waals surface area contributed by atoms with Crippen LogP contribution in [0.5, 0.6) is 0 Å². The Hall–Kier alpha value is -0.570. The van der Waals surface area contributed by atoms with E-state index >= 15 is 0 Å². The smallest absolute Gasteiger partial charge is 0.0408 e. The number of rotatable bonds is 7. The summed E-state index contributed by atoms with van der Waals surface area (Å²) in [7, 11) is 2.15. The quantitative estimate of drug-likeness (QED) is 0.805. The average Bonchev–Trinajstić information content (AvgIpc) is 2.29. The van der Waals surface area contributed by atoms with Gasteiger partial charge in [-0.2, -0.15) is 0 Å². The van der Waals surface area contributed by atoms with Gasteiger partial charge in [-0.3, -0.25) is 0 Å². The standard InChI is InChI=1S/C14H23ClN2/c1-4-17(3)11-12(2)16-9-8-13-6-5-7-14(15)10-13/h5-7,10,12,16H,4,8-9,11H2,1-3H3. The maximum absolute atomic E-state index is 5.95. The zero-order valence-corrected chi connectivity index (χ0v) is 11.8. The molecule has 3 heteroatoms. The molecule has 1 N–H and O–H groups in total. The summed E-state index contributed by atoms with van der Waals surface area (Å²) < 4.78 is 0. The average molecular weight is 255 g/mol. The topological polar surface area (TPSA) is 15.3 Å². The molecule has 0 amide bonds. The van der Waals surface area contributed by atoms with Gasteiger partial charge in [0.1, 0.15) is 0 Å². The van der Waals surface area contributed by atoms with Crippen LogP contribution in [-0.2, 0) is 6.42 Å². The van der Waals surface area contributed by atoms with E-state index in [9.17, 15) is 0 Å². The Balaban J connectivity index is 2.23. The first kappa shape index (κ1) is 14.5. The molecule has 2 nitrogen and oxygen atoms in total. The fraction of sp³-hybridized carbons (Fsp3) is 0.571. The fourth-order valence-electron chi connectivity index (χ4n) is 1.82. The maximum Gasteiger partial charge on any atom is 0.0408 e. The van der Waals surface area contributed by atoms with Gasteiger partial charge in [-0.25, -0.2) is 0 Å². The normalized spacial score (nSPS) is 13.0. The van der Waals surface area contributed by atoms with Crippen molar-refractivity contribution in [2.24, 2.45) is 0 Å². The third-order valence-corrected chi connectivity index (χ3v) is 3.16. The highest BCUT2D eigenvalue weighted by Gasteiger charge is 2.03. The van der Waals surface area contributed by atoms with E-state index in [4.69, 9.17) is 11.6 Å². The van der Waals surface area contributed by atoms with Crippen molar-refractivity contribution in [3.63, 3.8) is 0 Å². The van der Waals surface area contributed by atoms with Gasteiger partial charge in [0.05, 0.1) is 0 Å². The van der Waals surface area contributed by atoms with Gasteiger partial charge in [0, 0.05) is 17.6 Å². The molecule has 1 aromatic rings. The third kappa shape index (κ3) is 6.06. The molecule has 1 rings (SSSR count). The first-order valence-corrected chi connectivity index (χ1v) is 6.66. The number of nitrogens with zero attached hydrogens (tertiary/aromatic N) is 1. The second-order valence-electron chi connectivity index (χ2n) is 4.59. The monoisotopic (exact) mass is 254 g/mol. The van der Waals surface area contributed by atoms with Gasteiger partial charge < -0.3 is 10.2 Å². The second kappa shape index (κ2) is 7.70. The van der Waals surface area contributed by atoms with E-state index in [0.29, 0.717) is 6.04 Å². The molecule has 0 saturated heterocycles. The summed E-state index contributed by atoms with van der Waals surface area (Å²) in [6, 6.07) is 8.60. The van der Waals surface area contributed by atoms with Gasteiger partial charge in [-0.05, 0) is 51.2 Å². The van der Waals surface area contributed by atoms with Crippen molar-refractivity contribution in [1.29, 1.82) is 0 Å². The molecule has 0 aromatic heterocycles. The van der Waals surface area contributed by atoms with Crippen molar-refractivity contribution in [2.45, 2.75) is 26.3 Å². The molecule has 0 fully saturated rings. The first-order chi connectivity index (χ1) is 8.11. The summed E-state index contributed by atoms with van der Waals surface area (Å²) in [6.45, 7) is 7.59. The van der Waals surface area contributed by atoms with Crippen LogP contribution in [0.4, 0.5) is 0 Å². The van der Waals surface area contributed by atoms with E-state index in [1.165, 1.54) is 5.56 Å². The Labute approximate surface area is 110 Å². The molecule has 17 heavy (non-hydrogen) atoms. The Morgan fingerprint density at radius 3 is 2.82 bits per heavy atom. The van der Waals surface area contributed by atoms with Crippen LogP contribution in [0.1, 0.15) is 19.4 Å². The maximum atomic E-state index is 5.95. The van der Waals surface area contributed by atoms with Gasteiger partial charge in [0.15, 0.2) is 0 Å². The van der Waals surface area contributed by atoms with E-state index in [0.717, 1.165) is 31.1 Å². The molecule has 96 valence electrons. The van der Waals surface area contributed by atoms with Crippen LogP contribution in [0.25, 0.3) is 0 Å². The van der Waals surface area contributed by atoms with Gasteiger partial charge >= 0.3 is 0 Å². The highest BCUT2D eigenvalue weighted by Crippen LogP contribution is 2.10. The minimum absolute atomic E-state index is 0.527. The highest BCUT2D eigenvalue weighted by atomic mass is 35.5. The van der Waals surface area contributed by atoms with Crippen LogP contribution >= 0.6 is 11.6 Å². The summed E-state index contributed by atoms with van der Waals surface area (Å²) >= 11 is 5.95. The summed E-state index contributed by atoms with van der Waals surface area (Å²) in [4.78, 5) is 2.32. The summed E-state index contributed by atoms with van der Waals surface area (Å²) in [6.07, 6.45) is 1.03. The van der Waals surface area contributed by atoms with Crippen LogP contribution in [0, 0.1) is 0 Å². The van der Waals surface area contributed by atoms with Crippen molar-refractivity contribution in [3.8, 4) is 0 Å². The molecule has 1 atom stereocenters. The highest BCUT2D eigenvalue weighted by molar-refractivity contribution is 6.30. The van der Waals surface area contributed by atoms with Crippen LogP contribution in [0.2, 0.25) is 5.02 Å². The van der Waals surface area contributed by atoms with E-state index in [-0.39, 0.29) is 0 Å². The lowest BCUT2D eigenvalue weighted by molar-refractivity contribution is 0.311. The van der Waals surface area contributed by atoms with E-state index in [1.54, 1.807) is 0 Å². The van der Waals surface area contributed by atoms with Crippen molar-refractivity contribution in [1.82, 2.24) is 10.2 Å². The lowest BCUT2D eigenvalue weighted by Gasteiger charge is -2.20. The van der Waals surface area contributed by atoms with Crippen LogP contribution < -0.4 is 5.32 Å². The summed E-state index contributed by atoms with van der Waals surface area (Å²) in [5, 5.41) is 4.35. The molecule has 1 unspecified atom stereocenters. The summed E-state index contributed by atoms with van der Waals surface area (Å²) in [5.41, 5.74) is 1.29. The molecule has 0 bridgehead atoms. The first-order valence-electron chi connectivity index (χ1n) is 6.28. The van der Waals surface area contributed by atoms with Crippen molar-refractivity contribution < 1.29 is 0 Å². The molecule has 0 heterocycles. The van der Waals surface area contributed by atoms with Gasteiger partial charge in [0.25, 0.3) is 0 Å². The van der Waals surface area contributed by atoms with E-state index < -0.39 is 0 Å². The Kier molecular flexibility index (Phi) is 6.56. The number of benzene rings is 1. The largest absolute Gasteiger partial charge is 0.313 e. The van der Waals surface area contributed by atoms with Gasteiger partial charge in [-0.1, -0.05) is 30.7 Å². The predicted octanol–water partition coefficient (Wildman–Crippen LogP) is 2.81. The molecule has 0 spiro atoms. The molecule has 0 radical (unpaired) electrons. The van der Waals surface area contributed by atoms with Crippen molar-refractivity contribution >= 4 is 11.6 Å². The fourth-order valence-corrected chi connectivity index (χ4v) is 2.03. The van der Waals surface area contributed by atoms with Crippen LogP contribution in [0.3, 0.4) is 0 Å². The molecule has 1 aromatic carbocycles. The second-order valence-corrected chi connectivity index (χ2v) is 5.03. The molecular weight excluding hydrogens is 232 g/mol. The number of hydrogen-bond acceptors (Lipinski definition) is 2. The Bertz CT molecular complexity index is 328. The van der Waals surface area contributed by atoms with E-state index in [1.807, 2.05) is 18.2 Å². The lowest BCUT2D eigenvalue weighted by atomic mass is 10.1. The van der Waals surface area contributed by atoms with E-state index in [2.05, 4.69) is 37.2 Å². The minimum Gasteiger partial charge on any atom is -0.313 e. The molecule has 0 aliphatic carbocycles. The van der Waals surface area contributed by atoms with Gasteiger partial charge in [0.2, 0.25) is 0 Å². The summed E-state index contributed by atoms with van der Waals surface area (Å²) in [5.74, 6) is 0. The SMILES string of the molecule is CCN(C)CC(C)NCCc1cccc(Cl)c1. The molecular formula is C14H23ClN2. The molecule has 0 aliphatic rings. The number of likely N-dealkylation sites (N-methyl/N-ethyl adjacent to an activating group) is 1. The number of hydrogen-bond donors (Lipinski definition) is 1. The van der Waals surface area contributed by atoms with Crippen LogP contribution in [-0.4, -0.2) is 37.6 Å². The lowest BCUT2D eigenvalue weighted by Crippen LogP contribution is -2.38. The number of nitrogens with one attached hydrogen (secondary N) is 1. The molecule has 0 saturated carbocycles. The van der Waals surface area contributed by atoms with Gasteiger partial charge in [-0.15, -0.1) is 0 Å². The zero-order valence-electron chi connectivity index (χ0n) is 11.0. The third-order valence-electron chi connectivity index (χ3n) is 2.92. The van der Waals surface area contributed by atoms with Crippen molar-refractivity contribution in [3.05, 3.63) is 34.9 Å². The number of halogens is 1.